The summed E-state index contributed by atoms with van der Waals surface area (Å²) in [5.41, 5.74) is 1.31. The Kier molecular flexibility index (Phi) is 5.03. The molecule has 0 amide bonds. The minimum absolute atomic E-state index is 0.342. The van der Waals surface area contributed by atoms with Crippen LogP contribution in [0.25, 0.3) is 0 Å². The lowest BCUT2D eigenvalue weighted by Gasteiger charge is -2.05. The molecule has 17 heavy (non-hydrogen) atoms. The van der Waals surface area contributed by atoms with Crippen molar-refractivity contribution < 1.29 is 8.42 Å². The van der Waals surface area contributed by atoms with Crippen LogP contribution >= 0.6 is 0 Å². The third-order valence-corrected chi connectivity index (χ3v) is 2.66. The summed E-state index contributed by atoms with van der Waals surface area (Å²) in [5.74, 6) is 0. The van der Waals surface area contributed by atoms with E-state index in [0.29, 0.717) is 25.3 Å². The zero-order valence-electron chi connectivity index (χ0n) is 9.47. The fourth-order valence-electron chi connectivity index (χ4n) is 1.20. The van der Waals surface area contributed by atoms with Crippen molar-refractivity contribution in [1.29, 1.82) is 5.26 Å². The van der Waals surface area contributed by atoms with E-state index >= 15 is 0 Å². The second-order valence-corrected chi connectivity index (χ2v) is 5.34. The summed E-state index contributed by atoms with van der Waals surface area (Å²) in [5, 5.41) is 11.7. The number of pyridine rings is 1. The van der Waals surface area contributed by atoms with Gasteiger partial charge in [0, 0.05) is 25.8 Å². The smallest absolute Gasteiger partial charge is 0.208 e. The number of rotatable bonds is 6. The van der Waals surface area contributed by atoms with Crippen LogP contribution < -0.4 is 10.0 Å². The Balaban J connectivity index is 2.29. The highest BCUT2D eigenvalue weighted by Crippen LogP contribution is 1.99. The largest absolute Gasteiger partial charge is 0.311 e. The summed E-state index contributed by atoms with van der Waals surface area (Å²) in [6, 6.07) is 5.45. The summed E-state index contributed by atoms with van der Waals surface area (Å²) >= 11 is 0. The van der Waals surface area contributed by atoms with Gasteiger partial charge in [-0.15, -0.1) is 0 Å². The van der Waals surface area contributed by atoms with Gasteiger partial charge in [0.25, 0.3) is 0 Å². The van der Waals surface area contributed by atoms with E-state index in [1.165, 1.54) is 0 Å². The van der Waals surface area contributed by atoms with Crippen LogP contribution in [-0.4, -0.2) is 32.7 Å². The third-order valence-electron chi connectivity index (χ3n) is 1.93. The molecule has 1 aromatic rings. The summed E-state index contributed by atoms with van der Waals surface area (Å²) in [4.78, 5) is 3.85. The van der Waals surface area contributed by atoms with Crippen molar-refractivity contribution in [2.24, 2.45) is 0 Å². The minimum Gasteiger partial charge on any atom is -0.311 e. The molecule has 0 atom stereocenters. The quantitative estimate of drug-likeness (QED) is 0.673. The lowest BCUT2D eigenvalue weighted by molar-refractivity contribution is 0.582. The van der Waals surface area contributed by atoms with Gasteiger partial charge in [-0.25, -0.2) is 18.1 Å². The van der Waals surface area contributed by atoms with Gasteiger partial charge < -0.3 is 5.32 Å². The molecule has 0 fully saturated rings. The first-order chi connectivity index (χ1) is 8.01. The molecule has 2 N–H and O–H groups in total. The highest BCUT2D eigenvalue weighted by Gasteiger charge is 1.99. The van der Waals surface area contributed by atoms with Crippen LogP contribution in [0.4, 0.5) is 0 Å². The van der Waals surface area contributed by atoms with Crippen LogP contribution in [0, 0.1) is 11.3 Å². The first-order valence-electron chi connectivity index (χ1n) is 5.01. The Bertz CT molecular complexity index is 507. The molecule has 1 aromatic heterocycles. The van der Waals surface area contributed by atoms with E-state index in [1.807, 2.05) is 6.07 Å². The van der Waals surface area contributed by atoms with E-state index in [9.17, 15) is 8.42 Å². The van der Waals surface area contributed by atoms with Gasteiger partial charge in [0.05, 0.1) is 6.26 Å². The van der Waals surface area contributed by atoms with E-state index in [-0.39, 0.29) is 0 Å². The molecule has 1 rings (SSSR count). The maximum absolute atomic E-state index is 10.8. The zero-order valence-corrected chi connectivity index (χ0v) is 10.3. The minimum atomic E-state index is -3.12. The molecular formula is C10H14N4O2S. The molecule has 0 radical (unpaired) electrons. The lowest BCUT2D eigenvalue weighted by atomic mass is 10.2. The highest BCUT2D eigenvalue weighted by molar-refractivity contribution is 7.88. The topological polar surface area (TPSA) is 94.9 Å². The van der Waals surface area contributed by atoms with Gasteiger partial charge in [0.2, 0.25) is 10.0 Å². The van der Waals surface area contributed by atoms with Crippen molar-refractivity contribution in [2.45, 2.75) is 6.54 Å². The van der Waals surface area contributed by atoms with Gasteiger partial charge in [0.1, 0.15) is 11.8 Å². The van der Waals surface area contributed by atoms with Crippen molar-refractivity contribution in [2.75, 3.05) is 19.3 Å². The molecular weight excluding hydrogens is 240 g/mol. The summed E-state index contributed by atoms with van der Waals surface area (Å²) < 4.78 is 23.9. The van der Waals surface area contributed by atoms with Crippen LogP contribution in [0.5, 0.6) is 0 Å². The van der Waals surface area contributed by atoms with E-state index < -0.39 is 10.0 Å². The molecule has 7 heteroatoms. The molecule has 92 valence electrons. The monoisotopic (exact) mass is 254 g/mol. The Morgan fingerprint density at radius 1 is 1.47 bits per heavy atom. The van der Waals surface area contributed by atoms with Crippen molar-refractivity contribution in [3.8, 4) is 6.07 Å². The molecule has 0 spiro atoms. The molecule has 0 bridgehead atoms. The van der Waals surface area contributed by atoms with Crippen molar-refractivity contribution in [3.05, 3.63) is 29.6 Å². The molecule has 0 saturated carbocycles. The fraction of sp³-hybridized carbons (Fsp3) is 0.400. The summed E-state index contributed by atoms with van der Waals surface area (Å²) in [6.07, 6.45) is 2.69. The molecule has 0 aliphatic rings. The van der Waals surface area contributed by atoms with Gasteiger partial charge in [-0.1, -0.05) is 0 Å². The fourth-order valence-corrected chi connectivity index (χ4v) is 1.68. The number of hydrogen-bond acceptors (Lipinski definition) is 5. The Labute approximate surface area is 101 Å². The number of nitrogens with one attached hydrogen (secondary N) is 2. The average molecular weight is 254 g/mol. The average Bonchev–Trinajstić information content (AvgIpc) is 2.27. The van der Waals surface area contributed by atoms with Gasteiger partial charge in [-0.2, -0.15) is 5.26 Å². The van der Waals surface area contributed by atoms with E-state index in [2.05, 4.69) is 15.0 Å². The number of nitrogens with zero attached hydrogens (tertiary/aromatic N) is 2. The van der Waals surface area contributed by atoms with Crippen molar-refractivity contribution in [3.63, 3.8) is 0 Å². The molecule has 0 aromatic carbocycles. The van der Waals surface area contributed by atoms with Crippen LogP contribution in [-0.2, 0) is 16.6 Å². The van der Waals surface area contributed by atoms with Crippen LogP contribution in [0.3, 0.4) is 0 Å². The zero-order chi connectivity index (χ0) is 12.7. The summed E-state index contributed by atoms with van der Waals surface area (Å²) in [6.45, 7) is 1.44. The number of nitriles is 1. The van der Waals surface area contributed by atoms with E-state index in [4.69, 9.17) is 5.26 Å². The first kappa shape index (κ1) is 13.6. The molecule has 1 heterocycles. The Morgan fingerprint density at radius 2 is 2.24 bits per heavy atom. The van der Waals surface area contributed by atoms with Crippen LogP contribution in [0.2, 0.25) is 0 Å². The normalized spacial score (nSPS) is 11.1. The molecule has 0 unspecified atom stereocenters. The maximum Gasteiger partial charge on any atom is 0.208 e. The van der Waals surface area contributed by atoms with Crippen LogP contribution in [0.15, 0.2) is 18.3 Å². The molecule has 0 saturated heterocycles. The number of aromatic nitrogens is 1. The van der Waals surface area contributed by atoms with E-state index in [1.54, 1.807) is 18.3 Å². The molecule has 6 nitrogen and oxygen atoms in total. The SMILES string of the molecule is CS(=O)(=O)NCCNCc1ccnc(C#N)c1. The highest BCUT2D eigenvalue weighted by atomic mass is 32.2. The predicted octanol–water partition coefficient (Wildman–Crippen LogP) is -0.408. The molecule has 0 aliphatic carbocycles. The van der Waals surface area contributed by atoms with Crippen LogP contribution in [0.1, 0.15) is 11.3 Å². The lowest BCUT2D eigenvalue weighted by Crippen LogP contribution is -2.30. The van der Waals surface area contributed by atoms with E-state index in [0.717, 1.165) is 11.8 Å². The second kappa shape index (κ2) is 6.30. The van der Waals surface area contributed by atoms with Crippen molar-refractivity contribution >= 4 is 10.0 Å². The van der Waals surface area contributed by atoms with Gasteiger partial charge in [0.15, 0.2) is 0 Å². The summed E-state index contributed by atoms with van der Waals surface area (Å²) in [7, 11) is -3.12. The van der Waals surface area contributed by atoms with Crippen molar-refractivity contribution in [1.82, 2.24) is 15.0 Å². The maximum atomic E-state index is 10.8. The van der Waals surface area contributed by atoms with Gasteiger partial charge in [-0.05, 0) is 17.7 Å². The van der Waals surface area contributed by atoms with Gasteiger partial charge in [-0.3, -0.25) is 0 Å². The third kappa shape index (κ3) is 5.97. The number of sulfonamides is 1. The Hall–Kier alpha value is -1.49. The Morgan fingerprint density at radius 3 is 2.88 bits per heavy atom. The second-order valence-electron chi connectivity index (χ2n) is 3.50. The standard InChI is InChI=1S/C10H14N4O2S/c1-17(15,16)14-5-4-12-8-9-2-3-13-10(6-9)7-11/h2-3,6,12,14H,4-5,8H2,1H3. The number of hydrogen-bond donors (Lipinski definition) is 2. The van der Waals surface area contributed by atoms with Gasteiger partial charge >= 0.3 is 0 Å². The molecule has 0 aliphatic heterocycles. The predicted molar refractivity (Wildman–Crippen MR) is 63.5 cm³/mol. The first-order valence-corrected chi connectivity index (χ1v) is 6.91.